The number of hydrogen-bond donors (Lipinski definition) is 0. The molecule has 3 nitrogen and oxygen atoms in total. The summed E-state index contributed by atoms with van der Waals surface area (Å²) in [4.78, 5) is 0. The molecule has 1 aliphatic heterocycles. The van der Waals surface area contributed by atoms with Crippen LogP contribution in [-0.2, 0) is 27.4 Å². The van der Waals surface area contributed by atoms with Crippen molar-refractivity contribution in [3.63, 3.8) is 0 Å². The largest absolute Gasteiger partial charge is 0.486 e. The van der Waals surface area contributed by atoms with Crippen molar-refractivity contribution in [3.8, 4) is 0 Å². The quantitative estimate of drug-likeness (QED) is 0.608. The van der Waals surface area contributed by atoms with Gasteiger partial charge in [-0.1, -0.05) is 74.5 Å². The van der Waals surface area contributed by atoms with Crippen LogP contribution in [0, 0.1) is 5.92 Å². The lowest BCUT2D eigenvalue weighted by molar-refractivity contribution is -0.170. The third-order valence-electron chi connectivity index (χ3n) is 5.09. The monoisotopic (exact) mass is 388 g/mol. The highest BCUT2D eigenvalue weighted by Crippen LogP contribution is 2.36. The SMILES string of the molecule is CC[C@H]1OC(=C(F)F)[C@H](OCc2ccccc2)[C@@H](OCc2ccccc2)C1C. The second-order valence-corrected chi connectivity index (χ2v) is 7.03. The Hall–Kier alpha value is -2.24. The van der Waals surface area contributed by atoms with Crippen molar-refractivity contribution < 1.29 is 23.0 Å². The molecule has 0 N–H and O–H groups in total. The van der Waals surface area contributed by atoms with Crippen molar-refractivity contribution in [1.29, 1.82) is 0 Å². The fraction of sp³-hybridized carbons (Fsp3) is 0.391. The van der Waals surface area contributed by atoms with Crippen molar-refractivity contribution in [3.05, 3.63) is 83.6 Å². The molecule has 0 spiro atoms. The van der Waals surface area contributed by atoms with E-state index < -0.39 is 24.0 Å². The van der Waals surface area contributed by atoms with Crippen LogP contribution in [-0.4, -0.2) is 18.3 Å². The number of ether oxygens (including phenoxy) is 3. The molecule has 1 unspecified atom stereocenters. The molecule has 0 radical (unpaired) electrons. The van der Waals surface area contributed by atoms with Gasteiger partial charge in [-0.05, 0) is 17.5 Å². The van der Waals surface area contributed by atoms with Gasteiger partial charge in [0, 0.05) is 5.92 Å². The molecule has 28 heavy (non-hydrogen) atoms. The molecular formula is C23H26F2O3. The highest BCUT2D eigenvalue weighted by molar-refractivity contribution is 5.16. The van der Waals surface area contributed by atoms with Gasteiger partial charge in [0.05, 0.1) is 19.3 Å². The van der Waals surface area contributed by atoms with Crippen LogP contribution in [0.25, 0.3) is 0 Å². The Morgan fingerprint density at radius 1 is 0.893 bits per heavy atom. The molecule has 4 atom stereocenters. The maximum absolute atomic E-state index is 13.7. The van der Waals surface area contributed by atoms with Crippen molar-refractivity contribution in [2.75, 3.05) is 0 Å². The average molecular weight is 388 g/mol. The van der Waals surface area contributed by atoms with Crippen LogP contribution < -0.4 is 0 Å². The van der Waals surface area contributed by atoms with E-state index in [9.17, 15) is 8.78 Å². The molecule has 1 saturated heterocycles. The van der Waals surface area contributed by atoms with Gasteiger partial charge in [0.15, 0.2) is 5.76 Å². The van der Waals surface area contributed by atoms with Gasteiger partial charge in [-0.3, -0.25) is 0 Å². The molecule has 2 aromatic rings. The van der Waals surface area contributed by atoms with E-state index in [-0.39, 0.29) is 18.6 Å². The third-order valence-corrected chi connectivity index (χ3v) is 5.09. The predicted octanol–water partition coefficient (Wildman–Crippen LogP) is 5.71. The first-order valence-corrected chi connectivity index (χ1v) is 9.63. The van der Waals surface area contributed by atoms with E-state index >= 15 is 0 Å². The summed E-state index contributed by atoms with van der Waals surface area (Å²) in [5.74, 6) is -0.489. The normalized spacial score (nSPS) is 24.6. The molecule has 1 fully saturated rings. The minimum Gasteiger partial charge on any atom is -0.486 e. The van der Waals surface area contributed by atoms with E-state index in [0.717, 1.165) is 11.1 Å². The Bertz CT molecular complexity index is 760. The maximum atomic E-state index is 13.7. The van der Waals surface area contributed by atoms with E-state index in [0.29, 0.717) is 13.0 Å². The van der Waals surface area contributed by atoms with Gasteiger partial charge in [-0.25, -0.2) is 0 Å². The van der Waals surface area contributed by atoms with E-state index in [1.807, 2.05) is 74.5 Å². The first-order valence-electron chi connectivity index (χ1n) is 9.63. The molecule has 3 rings (SSSR count). The number of hydrogen-bond acceptors (Lipinski definition) is 3. The molecule has 5 heteroatoms. The van der Waals surface area contributed by atoms with Crippen molar-refractivity contribution >= 4 is 0 Å². The molecule has 2 aromatic carbocycles. The zero-order valence-corrected chi connectivity index (χ0v) is 16.2. The lowest BCUT2D eigenvalue weighted by atomic mass is 9.88. The van der Waals surface area contributed by atoms with E-state index in [4.69, 9.17) is 14.2 Å². The molecular weight excluding hydrogens is 362 g/mol. The predicted molar refractivity (Wildman–Crippen MR) is 104 cm³/mol. The second-order valence-electron chi connectivity index (χ2n) is 7.03. The summed E-state index contributed by atoms with van der Waals surface area (Å²) >= 11 is 0. The summed E-state index contributed by atoms with van der Waals surface area (Å²) in [5, 5.41) is 0. The first kappa shape index (κ1) is 20.5. The number of halogens is 2. The smallest absolute Gasteiger partial charge is 0.310 e. The Kier molecular flexibility index (Phi) is 7.18. The maximum Gasteiger partial charge on any atom is 0.310 e. The van der Waals surface area contributed by atoms with Crippen molar-refractivity contribution in [1.82, 2.24) is 0 Å². The Morgan fingerprint density at radius 3 is 1.93 bits per heavy atom. The Balaban J connectivity index is 1.81. The summed E-state index contributed by atoms with van der Waals surface area (Å²) in [7, 11) is 0. The van der Waals surface area contributed by atoms with Crippen LogP contribution in [0.2, 0.25) is 0 Å². The fourth-order valence-electron chi connectivity index (χ4n) is 3.52. The van der Waals surface area contributed by atoms with Gasteiger partial charge in [0.2, 0.25) is 0 Å². The Labute approximate surface area is 164 Å². The Morgan fingerprint density at radius 2 is 1.43 bits per heavy atom. The van der Waals surface area contributed by atoms with Gasteiger partial charge in [-0.15, -0.1) is 0 Å². The summed E-state index contributed by atoms with van der Waals surface area (Å²) in [6.45, 7) is 4.43. The van der Waals surface area contributed by atoms with Crippen LogP contribution in [0.15, 0.2) is 72.5 Å². The van der Waals surface area contributed by atoms with Crippen molar-refractivity contribution in [2.45, 2.75) is 51.8 Å². The number of rotatable bonds is 7. The molecule has 0 saturated carbocycles. The highest BCUT2D eigenvalue weighted by Gasteiger charge is 2.44. The lowest BCUT2D eigenvalue weighted by Crippen LogP contribution is -2.49. The molecule has 0 aliphatic carbocycles. The average Bonchev–Trinajstić information content (AvgIpc) is 2.72. The molecule has 150 valence electrons. The fourth-order valence-corrected chi connectivity index (χ4v) is 3.52. The van der Waals surface area contributed by atoms with E-state index in [2.05, 4.69) is 0 Å². The third kappa shape index (κ3) is 4.97. The van der Waals surface area contributed by atoms with Gasteiger partial charge in [0.25, 0.3) is 0 Å². The van der Waals surface area contributed by atoms with Gasteiger partial charge < -0.3 is 14.2 Å². The van der Waals surface area contributed by atoms with Crippen molar-refractivity contribution in [2.24, 2.45) is 5.92 Å². The summed E-state index contributed by atoms with van der Waals surface area (Å²) in [6, 6.07) is 19.2. The highest BCUT2D eigenvalue weighted by atomic mass is 19.3. The molecule has 1 aliphatic rings. The molecule has 0 bridgehead atoms. The molecule has 0 aromatic heterocycles. The zero-order valence-electron chi connectivity index (χ0n) is 16.2. The van der Waals surface area contributed by atoms with E-state index in [1.54, 1.807) is 0 Å². The first-order chi connectivity index (χ1) is 13.6. The van der Waals surface area contributed by atoms with Crippen LogP contribution in [0.1, 0.15) is 31.4 Å². The van der Waals surface area contributed by atoms with E-state index in [1.165, 1.54) is 0 Å². The summed E-state index contributed by atoms with van der Waals surface area (Å²) in [5.41, 5.74) is 1.90. The lowest BCUT2D eigenvalue weighted by Gasteiger charge is -2.42. The number of benzene rings is 2. The summed E-state index contributed by atoms with van der Waals surface area (Å²) in [6.07, 6.45) is -3.05. The van der Waals surface area contributed by atoms with Gasteiger partial charge in [-0.2, -0.15) is 8.78 Å². The summed E-state index contributed by atoms with van der Waals surface area (Å²) < 4.78 is 45.0. The van der Waals surface area contributed by atoms with Crippen LogP contribution in [0.3, 0.4) is 0 Å². The minimum absolute atomic E-state index is 0.0856. The second kappa shape index (κ2) is 9.80. The van der Waals surface area contributed by atoms with Gasteiger partial charge in [0.1, 0.15) is 12.2 Å². The van der Waals surface area contributed by atoms with Gasteiger partial charge >= 0.3 is 6.08 Å². The van der Waals surface area contributed by atoms with Crippen LogP contribution in [0.5, 0.6) is 0 Å². The molecule has 0 amide bonds. The minimum atomic E-state index is -1.85. The standard InChI is InChI=1S/C23H26F2O3/c1-3-19-16(2)20(26-14-17-10-6-4-7-11-17)21(22(28-19)23(24)25)27-15-18-12-8-5-9-13-18/h4-13,16,19-21H,3,14-15H2,1-2H3/t16?,19-,20+,21-/m1/s1. The topological polar surface area (TPSA) is 27.7 Å². The van der Waals surface area contributed by atoms with Crippen LogP contribution >= 0.6 is 0 Å². The molecule has 1 heterocycles. The zero-order chi connectivity index (χ0) is 19.9. The van der Waals surface area contributed by atoms with Crippen LogP contribution in [0.4, 0.5) is 8.78 Å².